The Balaban J connectivity index is 1.88. The number of hydrogen-bond donors (Lipinski definition) is 0. The average molecular weight is 300 g/mol. The molecule has 112 valence electrons. The van der Waals surface area contributed by atoms with Crippen LogP contribution in [-0.4, -0.2) is 6.61 Å². The Morgan fingerprint density at radius 2 is 1.90 bits per heavy atom. The van der Waals surface area contributed by atoms with Crippen molar-refractivity contribution in [3.8, 4) is 16.2 Å². The van der Waals surface area contributed by atoms with E-state index in [1.807, 2.05) is 11.3 Å². The van der Waals surface area contributed by atoms with Crippen LogP contribution in [0.15, 0.2) is 48.6 Å². The maximum atomic E-state index is 5.76. The van der Waals surface area contributed by atoms with E-state index in [0.717, 1.165) is 25.2 Å². The monoisotopic (exact) mass is 300 g/mol. The van der Waals surface area contributed by atoms with Gasteiger partial charge in [0.2, 0.25) is 0 Å². The van der Waals surface area contributed by atoms with Gasteiger partial charge in [-0.25, -0.2) is 0 Å². The molecule has 0 aliphatic carbocycles. The summed E-state index contributed by atoms with van der Waals surface area (Å²) in [5.41, 5.74) is 1.28. The fraction of sp³-hybridized carbons (Fsp3) is 0.368. The maximum Gasteiger partial charge on any atom is 0.119 e. The molecule has 1 aromatic heterocycles. The molecule has 0 fully saturated rings. The molecule has 0 saturated heterocycles. The molecule has 1 aromatic carbocycles. The molecule has 0 saturated carbocycles. The summed E-state index contributed by atoms with van der Waals surface area (Å²) in [7, 11) is 0. The van der Waals surface area contributed by atoms with Crippen molar-refractivity contribution in [2.24, 2.45) is 0 Å². The van der Waals surface area contributed by atoms with Gasteiger partial charge in [0.1, 0.15) is 5.75 Å². The number of rotatable bonds is 8. The third-order valence-electron chi connectivity index (χ3n) is 3.32. The van der Waals surface area contributed by atoms with E-state index < -0.39 is 0 Å². The minimum Gasteiger partial charge on any atom is -0.494 e. The molecule has 0 aliphatic heterocycles. The number of hydrogen-bond acceptors (Lipinski definition) is 2. The summed E-state index contributed by atoms with van der Waals surface area (Å²) in [6.07, 6.45) is 8.80. The van der Waals surface area contributed by atoms with Crippen molar-refractivity contribution in [2.75, 3.05) is 6.61 Å². The van der Waals surface area contributed by atoms with Gasteiger partial charge in [0, 0.05) is 9.75 Å². The van der Waals surface area contributed by atoms with Crippen LogP contribution in [0.25, 0.3) is 10.4 Å². The molecule has 0 N–H and O–H groups in total. The van der Waals surface area contributed by atoms with E-state index in [2.05, 4.69) is 62.4 Å². The van der Waals surface area contributed by atoms with Gasteiger partial charge in [0.05, 0.1) is 6.61 Å². The van der Waals surface area contributed by atoms with Crippen LogP contribution in [0.5, 0.6) is 5.75 Å². The third-order valence-corrected chi connectivity index (χ3v) is 4.51. The third kappa shape index (κ3) is 5.05. The maximum absolute atomic E-state index is 5.76. The average Bonchev–Trinajstić information content (AvgIpc) is 2.97. The van der Waals surface area contributed by atoms with Crippen molar-refractivity contribution in [1.82, 2.24) is 0 Å². The Hall–Kier alpha value is -1.54. The first-order valence-corrected chi connectivity index (χ1v) is 8.58. The van der Waals surface area contributed by atoms with Gasteiger partial charge < -0.3 is 4.74 Å². The molecule has 0 atom stereocenters. The fourth-order valence-electron chi connectivity index (χ4n) is 2.19. The first-order chi connectivity index (χ1) is 10.3. The quantitative estimate of drug-likeness (QED) is 0.422. The highest BCUT2D eigenvalue weighted by atomic mass is 32.1. The topological polar surface area (TPSA) is 9.23 Å². The molecule has 21 heavy (non-hydrogen) atoms. The van der Waals surface area contributed by atoms with E-state index in [-0.39, 0.29) is 0 Å². The normalized spacial score (nSPS) is 11.1. The number of aryl methyl sites for hydroxylation is 1. The fourth-order valence-corrected chi connectivity index (χ4v) is 3.30. The molecule has 0 radical (unpaired) electrons. The molecule has 0 spiro atoms. The lowest BCUT2D eigenvalue weighted by Gasteiger charge is -2.06. The molecule has 0 bridgehead atoms. The predicted molar refractivity (Wildman–Crippen MR) is 93.3 cm³/mol. The van der Waals surface area contributed by atoms with Crippen LogP contribution in [0.2, 0.25) is 0 Å². The van der Waals surface area contributed by atoms with E-state index in [1.54, 1.807) is 0 Å². The molecule has 0 aliphatic rings. The Morgan fingerprint density at radius 3 is 2.62 bits per heavy atom. The second kappa shape index (κ2) is 8.68. The van der Waals surface area contributed by atoms with Gasteiger partial charge >= 0.3 is 0 Å². The predicted octanol–water partition coefficient (Wildman–Crippen LogP) is 6.10. The highest BCUT2D eigenvalue weighted by Crippen LogP contribution is 2.30. The molecular weight excluding hydrogens is 276 g/mol. The molecule has 2 aromatic rings. The molecule has 0 amide bonds. The number of unbranched alkanes of at least 4 members (excludes halogenated alkanes) is 1. The number of allylic oxidation sites excluding steroid dienone is 2. The summed E-state index contributed by atoms with van der Waals surface area (Å²) >= 11 is 1.89. The summed E-state index contributed by atoms with van der Waals surface area (Å²) in [5.74, 6) is 0.963. The van der Waals surface area contributed by atoms with Gasteiger partial charge in [-0.2, -0.15) is 0 Å². The van der Waals surface area contributed by atoms with Crippen molar-refractivity contribution in [2.45, 2.75) is 39.5 Å². The standard InChI is InChI=1S/C19H24OS/c1-3-5-6-7-15-20-17-11-9-16(10-12-17)19-14-13-18(21-19)8-4-2/h3,5,9-14H,4,6-8,15H2,1-2H3. The summed E-state index contributed by atoms with van der Waals surface area (Å²) in [6, 6.07) is 12.9. The van der Waals surface area contributed by atoms with Crippen molar-refractivity contribution in [3.05, 3.63) is 53.4 Å². The number of ether oxygens (including phenoxy) is 1. The van der Waals surface area contributed by atoms with Gasteiger partial charge in [-0.3, -0.25) is 0 Å². The van der Waals surface area contributed by atoms with Gasteiger partial charge in [-0.1, -0.05) is 25.5 Å². The van der Waals surface area contributed by atoms with Crippen LogP contribution in [0, 0.1) is 0 Å². The van der Waals surface area contributed by atoms with Crippen molar-refractivity contribution in [3.63, 3.8) is 0 Å². The molecule has 0 unspecified atom stereocenters. The Morgan fingerprint density at radius 1 is 1.10 bits per heavy atom. The van der Waals surface area contributed by atoms with Gasteiger partial charge in [-0.15, -0.1) is 11.3 Å². The van der Waals surface area contributed by atoms with E-state index in [1.165, 1.54) is 28.2 Å². The molecule has 1 heterocycles. The zero-order valence-corrected chi connectivity index (χ0v) is 13.8. The SMILES string of the molecule is CC=CCCCOc1ccc(-c2ccc(CCC)s2)cc1. The highest BCUT2D eigenvalue weighted by molar-refractivity contribution is 7.15. The van der Waals surface area contributed by atoms with Crippen LogP contribution in [0.4, 0.5) is 0 Å². The first kappa shape index (κ1) is 15.8. The lowest BCUT2D eigenvalue weighted by molar-refractivity contribution is 0.312. The Kier molecular flexibility index (Phi) is 6.55. The zero-order chi connectivity index (χ0) is 14.9. The largest absolute Gasteiger partial charge is 0.494 e. The second-order valence-electron chi connectivity index (χ2n) is 5.10. The lowest BCUT2D eigenvalue weighted by atomic mass is 10.2. The van der Waals surface area contributed by atoms with E-state index in [0.29, 0.717) is 0 Å². The highest BCUT2D eigenvalue weighted by Gasteiger charge is 2.03. The molecule has 2 heteroatoms. The minimum atomic E-state index is 0.781. The summed E-state index contributed by atoms with van der Waals surface area (Å²) in [6.45, 7) is 5.06. The molecule has 1 nitrogen and oxygen atoms in total. The van der Waals surface area contributed by atoms with E-state index in [9.17, 15) is 0 Å². The summed E-state index contributed by atoms with van der Waals surface area (Å²) in [5, 5.41) is 0. The molecule has 2 rings (SSSR count). The van der Waals surface area contributed by atoms with Crippen molar-refractivity contribution in [1.29, 1.82) is 0 Å². The van der Waals surface area contributed by atoms with Gasteiger partial charge in [0.25, 0.3) is 0 Å². The van der Waals surface area contributed by atoms with Gasteiger partial charge in [-0.05, 0) is 68.1 Å². The van der Waals surface area contributed by atoms with E-state index >= 15 is 0 Å². The van der Waals surface area contributed by atoms with Gasteiger partial charge in [0.15, 0.2) is 0 Å². The van der Waals surface area contributed by atoms with Crippen LogP contribution in [0.3, 0.4) is 0 Å². The summed E-state index contributed by atoms with van der Waals surface area (Å²) < 4.78 is 5.76. The Labute approximate surface area is 132 Å². The second-order valence-corrected chi connectivity index (χ2v) is 6.27. The van der Waals surface area contributed by atoms with Crippen LogP contribution in [-0.2, 0) is 6.42 Å². The van der Waals surface area contributed by atoms with Crippen molar-refractivity contribution < 1.29 is 4.74 Å². The zero-order valence-electron chi connectivity index (χ0n) is 13.0. The Bertz CT molecular complexity index is 551. The van der Waals surface area contributed by atoms with Crippen LogP contribution in [0.1, 0.15) is 38.0 Å². The summed E-state index contributed by atoms with van der Waals surface area (Å²) in [4.78, 5) is 2.81. The first-order valence-electron chi connectivity index (χ1n) is 7.76. The number of thiophene rings is 1. The number of benzene rings is 1. The van der Waals surface area contributed by atoms with Crippen LogP contribution < -0.4 is 4.74 Å². The minimum absolute atomic E-state index is 0.781. The van der Waals surface area contributed by atoms with E-state index in [4.69, 9.17) is 4.74 Å². The van der Waals surface area contributed by atoms with Crippen LogP contribution >= 0.6 is 11.3 Å². The van der Waals surface area contributed by atoms with Crippen molar-refractivity contribution >= 4 is 11.3 Å². The smallest absolute Gasteiger partial charge is 0.119 e. The lowest BCUT2D eigenvalue weighted by Crippen LogP contribution is -1.96. The molecular formula is C19H24OS.